The van der Waals surface area contributed by atoms with Gasteiger partial charge in [-0.05, 0) is 36.7 Å². The third-order valence-electron chi connectivity index (χ3n) is 5.31. The van der Waals surface area contributed by atoms with Crippen LogP contribution in [0.5, 0.6) is 0 Å². The highest BCUT2D eigenvalue weighted by Crippen LogP contribution is 2.67. The van der Waals surface area contributed by atoms with Gasteiger partial charge in [0.05, 0.1) is 13.2 Å². The van der Waals surface area contributed by atoms with Crippen LogP contribution in [0.1, 0.15) is 19.3 Å². The molecule has 0 radical (unpaired) electrons. The molecule has 0 aromatic carbocycles. The lowest BCUT2D eigenvalue weighted by Gasteiger charge is -2.39. The first-order valence-corrected chi connectivity index (χ1v) is 6.62. The molecule has 5 aliphatic rings. The molecule has 4 aliphatic carbocycles. The summed E-state index contributed by atoms with van der Waals surface area (Å²) in [4.78, 5) is 0. The van der Waals surface area contributed by atoms with E-state index in [0.29, 0.717) is 42.5 Å². The zero-order valence-corrected chi connectivity index (χ0v) is 10.1. The highest BCUT2D eigenvalue weighted by molar-refractivity contribution is 5.46. The van der Waals surface area contributed by atoms with Crippen molar-refractivity contribution in [3.05, 3.63) is 11.1 Å². The first kappa shape index (κ1) is 10.6. The first-order valence-electron chi connectivity index (χ1n) is 6.62. The van der Waals surface area contributed by atoms with Gasteiger partial charge in [-0.1, -0.05) is 0 Å². The number of allylic oxidation sites excluding steroid dienone is 2. The van der Waals surface area contributed by atoms with Crippen LogP contribution in [-0.2, 0) is 9.47 Å². The largest absolute Gasteiger partial charge is 0.347 e. The minimum absolute atomic E-state index is 0.348. The minimum Gasteiger partial charge on any atom is -0.347 e. The predicted molar refractivity (Wildman–Crippen MR) is 60.7 cm³/mol. The predicted octanol–water partition coefficient (Wildman–Crippen LogP) is 1.75. The Morgan fingerprint density at radius 3 is 2.50 bits per heavy atom. The van der Waals surface area contributed by atoms with Crippen molar-refractivity contribution in [2.24, 2.45) is 23.7 Å². The molecule has 4 saturated carbocycles. The number of nitriles is 2. The fourth-order valence-corrected chi connectivity index (χ4v) is 4.89. The lowest BCUT2D eigenvalue weighted by molar-refractivity contribution is -0.223. The van der Waals surface area contributed by atoms with E-state index in [2.05, 4.69) is 12.1 Å². The molecule has 18 heavy (non-hydrogen) atoms. The van der Waals surface area contributed by atoms with Crippen LogP contribution in [0, 0.1) is 46.3 Å². The summed E-state index contributed by atoms with van der Waals surface area (Å²) >= 11 is 0. The normalized spacial score (nSPS) is 42.2. The van der Waals surface area contributed by atoms with Gasteiger partial charge in [0.2, 0.25) is 0 Å². The monoisotopic (exact) mass is 242 g/mol. The number of ether oxygens (including phenoxy) is 2. The Balaban J connectivity index is 1.80. The van der Waals surface area contributed by atoms with E-state index in [4.69, 9.17) is 20.0 Å². The second kappa shape index (κ2) is 3.35. The van der Waals surface area contributed by atoms with Crippen molar-refractivity contribution in [2.75, 3.05) is 13.2 Å². The molecular weight excluding hydrogens is 228 g/mol. The fraction of sp³-hybridized carbons (Fsp3) is 0.714. The molecule has 5 rings (SSSR count). The molecule has 4 heteroatoms. The van der Waals surface area contributed by atoms with Gasteiger partial charge in [-0.15, -0.1) is 0 Å². The van der Waals surface area contributed by atoms with Crippen molar-refractivity contribution in [2.45, 2.75) is 25.0 Å². The van der Waals surface area contributed by atoms with Crippen LogP contribution in [0.2, 0.25) is 0 Å². The van der Waals surface area contributed by atoms with Crippen LogP contribution in [0.15, 0.2) is 11.1 Å². The van der Waals surface area contributed by atoms with Gasteiger partial charge >= 0.3 is 0 Å². The third-order valence-corrected chi connectivity index (χ3v) is 5.31. The van der Waals surface area contributed by atoms with Gasteiger partial charge in [-0.2, -0.15) is 10.5 Å². The summed E-state index contributed by atoms with van der Waals surface area (Å²) in [5, 5.41) is 18.2. The standard InChI is InChI=1S/C14H14N2O2/c15-6-9(7-16)13-8-3-10-5-11(13)12(4-8)14(10)17-1-2-18-14/h8,10-12H,1-5H2. The number of hydrogen-bond acceptors (Lipinski definition) is 4. The third kappa shape index (κ3) is 1.02. The zero-order valence-electron chi connectivity index (χ0n) is 10.1. The Kier molecular flexibility index (Phi) is 1.96. The van der Waals surface area contributed by atoms with Crippen LogP contribution in [-0.4, -0.2) is 19.0 Å². The molecule has 0 aromatic heterocycles. The average Bonchev–Trinajstić information content (AvgIpc) is 3.00. The summed E-state index contributed by atoms with van der Waals surface area (Å²) < 4.78 is 11.9. The molecule has 92 valence electrons. The van der Waals surface area contributed by atoms with Crippen LogP contribution < -0.4 is 0 Å². The van der Waals surface area contributed by atoms with Gasteiger partial charge in [-0.25, -0.2) is 0 Å². The van der Waals surface area contributed by atoms with Gasteiger partial charge < -0.3 is 9.47 Å². The lowest BCUT2D eigenvalue weighted by Crippen LogP contribution is -2.44. The molecule has 5 fully saturated rings. The summed E-state index contributed by atoms with van der Waals surface area (Å²) in [5.41, 5.74) is 1.46. The van der Waals surface area contributed by atoms with E-state index in [1.54, 1.807) is 0 Å². The topological polar surface area (TPSA) is 66.0 Å². The second-order valence-electron chi connectivity index (χ2n) is 5.79. The summed E-state index contributed by atoms with van der Waals surface area (Å²) in [6.45, 7) is 1.37. The van der Waals surface area contributed by atoms with E-state index >= 15 is 0 Å². The van der Waals surface area contributed by atoms with Gasteiger partial charge in [-0.3, -0.25) is 0 Å². The van der Waals surface area contributed by atoms with Gasteiger partial charge in [0.25, 0.3) is 0 Å². The van der Waals surface area contributed by atoms with Gasteiger partial charge in [0, 0.05) is 11.8 Å². The van der Waals surface area contributed by atoms with E-state index in [9.17, 15) is 0 Å². The molecule has 1 aliphatic heterocycles. The quantitative estimate of drug-likeness (QED) is 0.607. The Hall–Kier alpha value is -1.36. The van der Waals surface area contributed by atoms with E-state index in [1.165, 1.54) is 0 Å². The fourth-order valence-electron chi connectivity index (χ4n) is 4.89. The molecule has 1 heterocycles. The van der Waals surface area contributed by atoms with E-state index < -0.39 is 0 Å². The van der Waals surface area contributed by atoms with Crippen LogP contribution in [0.25, 0.3) is 0 Å². The Bertz CT molecular complexity index is 499. The van der Waals surface area contributed by atoms with Crippen molar-refractivity contribution in [3.8, 4) is 12.1 Å². The first-order chi connectivity index (χ1) is 8.80. The SMILES string of the molecule is N#CC(C#N)=C1C2CC3CC1C(C2)C31OCCO1. The molecule has 0 amide bonds. The van der Waals surface area contributed by atoms with Crippen molar-refractivity contribution < 1.29 is 9.47 Å². The minimum atomic E-state index is -0.376. The van der Waals surface area contributed by atoms with Gasteiger partial charge in [0.1, 0.15) is 17.7 Å². The van der Waals surface area contributed by atoms with Crippen molar-refractivity contribution >= 4 is 0 Å². The van der Waals surface area contributed by atoms with Crippen LogP contribution >= 0.6 is 0 Å². The summed E-state index contributed by atoms with van der Waals surface area (Å²) in [6.07, 6.45) is 3.09. The van der Waals surface area contributed by atoms with E-state index in [0.717, 1.165) is 24.8 Å². The number of rotatable bonds is 0. The van der Waals surface area contributed by atoms with Gasteiger partial charge in [0.15, 0.2) is 5.79 Å². The summed E-state index contributed by atoms with van der Waals surface area (Å²) in [5.74, 6) is 1.23. The maximum Gasteiger partial charge on any atom is 0.174 e. The highest BCUT2D eigenvalue weighted by Gasteiger charge is 2.67. The Labute approximate surface area is 106 Å². The van der Waals surface area contributed by atoms with Crippen LogP contribution in [0.4, 0.5) is 0 Å². The van der Waals surface area contributed by atoms with Crippen molar-refractivity contribution in [1.82, 2.24) is 0 Å². The lowest BCUT2D eigenvalue weighted by atomic mass is 9.75. The van der Waals surface area contributed by atoms with Crippen LogP contribution in [0.3, 0.4) is 0 Å². The molecule has 4 unspecified atom stereocenters. The molecule has 4 bridgehead atoms. The summed E-state index contributed by atoms with van der Waals surface area (Å²) in [7, 11) is 0. The highest BCUT2D eigenvalue weighted by atomic mass is 16.7. The second-order valence-corrected chi connectivity index (χ2v) is 5.79. The molecule has 4 atom stereocenters. The average molecular weight is 242 g/mol. The zero-order chi connectivity index (χ0) is 12.3. The molecule has 1 spiro atoms. The maximum atomic E-state index is 9.11. The van der Waals surface area contributed by atoms with E-state index in [-0.39, 0.29) is 5.79 Å². The molecule has 0 N–H and O–H groups in total. The smallest absolute Gasteiger partial charge is 0.174 e. The summed E-state index contributed by atoms with van der Waals surface area (Å²) in [6, 6.07) is 4.15. The maximum absolute atomic E-state index is 9.11. The number of nitrogens with zero attached hydrogens (tertiary/aromatic N) is 2. The Morgan fingerprint density at radius 1 is 1.11 bits per heavy atom. The van der Waals surface area contributed by atoms with Crippen molar-refractivity contribution in [3.63, 3.8) is 0 Å². The van der Waals surface area contributed by atoms with E-state index in [1.807, 2.05) is 0 Å². The number of hydrogen-bond donors (Lipinski definition) is 0. The Morgan fingerprint density at radius 2 is 1.83 bits per heavy atom. The molecule has 1 saturated heterocycles. The van der Waals surface area contributed by atoms with Crippen molar-refractivity contribution in [1.29, 1.82) is 10.5 Å². The molecular formula is C14H14N2O2. The molecule has 4 nitrogen and oxygen atoms in total. The molecule has 0 aromatic rings.